The van der Waals surface area contributed by atoms with Crippen LogP contribution in [0.5, 0.6) is 5.75 Å². The molecule has 1 aliphatic rings. The minimum Gasteiger partial charge on any atom is -0.497 e. The third kappa shape index (κ3) is 6.25. The molecule has 0 aliphatic carbocycles. The van der Waals surface area contributed by atoms with E-state index in [-0.39, 0.29) is 25.2 Å². The Labute approximate surface area is 277 Å². The molecule has 0 amide bonds. The molecule has 1 fully saturated rings. The fraction of sp³-hybridized carbons (Fsp3) is 0.306. The van der Waals surface area contributed by atoms with Crippen LogP contribution in [0.4, 0.5) is 5.82 Å². The molecule has 2 aromatic heterocycles. The summed E-state index contributed by atoms with van der Waals surface area (Å²) >= 11 is 0. The standard InChI is InChI=1S/C36H37N5O7/c1-23(43)14-19-29(44)48-32-31(46-3)28(20-42)47-35(32)41-22-39-30-33(37-21-38-34(30)41)40-36(24-10-6-4-7-11-24,25-12-8-5-9-13-25)26-15-17-27(45-2)18-16-26/h4-13,15-18,21-22,28,31-32,35,42H,14,19-20H2,1-3H3,(H,37,38,40)/t28-,31-,32-,35-/m1/s1. The van der Waals surface area contributed by atoms with Gasteiger partial charge in [-0.3, -0.25) is 9.36 Å². The number of hydrogen-bond donors (Lipinski definition) is 2. The number of Topliss-reactive ketones (excluding diaryl/α,β-unsaturated/α-hetero) is 1. The number of hydrogen-bond acceptors (Lipinski definition) is 11. The molecule has 1 saturated heterocycles. The van der Waals surface area contributed by atoms with E-state index in [4.69, 9.17) is 23.9 Å². The van der Waals surface area contributed by atoms with E-state index in [1.54, 1.807) is 11.7 Å². The van der Waals surface area contributed by atoms with Crippen molar-refractivity contribution in [3.8, 4) is 5.75 Å². The predicted molar refractivity (Wildman–Crippen MR) is 176 cm³/mol. The second kappa shape index (κ2) is 14.3. The van der Waals surface area contributed by atoms with Crippen molar-refractivity contribution >= 4 is 28.7 Å². The van der Waals surface area contributed by atoms with Gasteiger partial charge in [0.1, 0.15) is 35.6 Å². The normalized spacial score (nSPS) is 19.2. The highest BCUT2D eigenvalue weighted by Crippen LogP contribution is 2.42. The fourth-order valence-corrected chi connectivity index (χ4v) is 6.22. The van der Waals surface area contributed by atoms with Gasteiger partial charge in [0, 0.05) is 13.5 Å². The Kier molecular flexibility index (Phi) is 9.76. The first-order valence-corrected chi connectivity index (χ1v) is 15.6. The second-order valence-electron chi connectivity index (χ2n) is 11.5. The summed E-state index contributed by atoms with van der Waals surface area (Å²) in [7, 11) is 3.09. The van der Waals surface area contributed by atoms with Gasteiger partial charge in [0.25, 0.3) is 0 Å². The van der Waals surface area contributed by atoms with Gasteiger partial charge in [0.2, 0.25) is 0 Å². The number of esters is 1. The van der Waals surface area contributed by atoms with Crippen LogP contribution in [0.15, 0.2) is 97.6 Å². The molecular formula is C36H37N5O7. The number of benzene rings is 3. The molecule has 12 nitrogen and oxygen atoms in total. The van der Waals surface area contributed by atoms with Crippen molar-refractivity contribution < 1.29 is 33.6 Å². The maximum atomic E-state index is 12.8. The Hall–Kier alpha value is -5.17. The summed E-state index contributed by atoms with van der Waals surface area (Å²) in [4.78, 5) is 38.2. The Morgan fingerprint density at radius 1 is 0.875 bits per heavy atom. The van der Waals surface area contributed by atoms with E-state index in [0.29, 0.717) is 17.0 Å². The summed E-state index contributed by atoms with van der Waals surface area (Å²) in [5, 5.41) is 13.8. The number of nitrogens with zero attached hydrogens (tertiary/aromatic N) is 4. The molecule has 0 bridgehead atoms. The van der Waals surface area contributed by atoms with E-state index in [9.17, 15) is 14.7 Å². The lowest BCUT2D eigenvalue weighted by atomic mass is 9.77. The van der Waals surface area contributed by atoms with E-state index in [2.05, 4.69) is 39.6 Å². The van der Waals surface area contributed by atoms with Crippen LogP contribution in [0.25, 0.3) is 11.2 Å². The maximum absolute atomic E-state index is 12.8. The SMILES string of the molecule is COc1ccc(C(Nc2ncnc3c2ncn3[C@@H]2O[C@H](CO)[C@@H](OC)[C@H]2OC(=O)CCC(C)=O)(c2ccccc2)c2ccccc2)cc1. The van der Waals surface area contributed by atoms with Gasteiger partial charge in [-0.2, -0.15) is 0 Å². The topological polar surface area (TPSA) is 147 Å². The predicted octanol–water partition coefficient (Wildman–Crippen LogP) is 4.42. The minimum atomic E-state index is -0.956. The second-order valence-corrected chi connectivity index (χ2v) is 11.5. The first-order chi connectivity index (χ1) is 23.4. The summed E-state index contributed by atoms with van der Waals surface area (Å²) in [6.07, 6.45) is -0.536. The molecule has 3 aromatic carbocycles. The van der Waals surface area contributed by atoms with Crippen molar-refractivity contribution in [3.05, 3.63) is 114 Å². The van der Waals surface area contributed by atoms with Gasteiger partial charge in [-0.15, -0.1) is 0 Å². The number of aromatic nitrogens is 4. The van der Waals surface area contributed by atoms with E-state index in [1.807, 2.05) is 60.7 Å². The van der Waals surface area contributed by atoms with Crippen molar-refractivity contribution in [1.29, 1.82) is 0 Å². The average molecular weight is 652 g/mol. The van der Waals surface area contributed by atoms with Gasteiger partial charge < -0.3 is 34.2 Å². The van der Waals surface area contributed by atoms with Crippen LogP contribution in [0.1, 0.15) is 42.7 Å². The monoisotopic (exact) mass is 651 g/mol. The zero-order chi connectivity index (χ0) is 33.7. The Morgan fingerprint density at radius 2 is 1.52 bits per heavy atom. The number of aliphatic hydroxyl groups excluding tert-OH is 1. The highest BCUT2D eigenvalue weighted by molar-refractivity contribution is 5.84. The molecule has 0 unspecified atom stereocenters. The Bertz CT molecular complexity index is 1810. The molecule has 3 heterocycles. The van der Waals surface area contributed by atoms with Crippen LogP contribution >= 0.6 is 0 Å². The van der Waals surface area contributed by atoms with Crippen molar-refractivity contribution in [2.45, 2.75) is 49.8 Å². The highest BCUT2D eigenvalue weighted by Gasteiger charge is 2.49. The molecule has 5 aromatic rings. The van der Waals surface area contributed by atoms with Crippen molar-refractivity contribution in [2.24, 2.45) is 0 Å². The lowest BCUT2D eigenvalue weighted by molar-refractivity contribution is -0.160. The number of methoxy groups -OCH3 is 2. The van der Waals surface area contributed by atoms with Gasteiger partial charge in [0.15, 0.2) is 29.3 Å². The number of carbonyl (C=O) groups excluding carboxylic acids is 2. The van der Waals surface area contributed by atoms with E-state index in [0.717, 1.165) is 22.4 Å². The number of fused-ring (bicyclic) bond motifs is 1. The number of carbonyl (C=O) groups is 2. The van der Waals surface area contributed by atoms with Gasteiger partial charge in [-0.25, -0.2) is 15.0 Å². The molecule has 0 spiro atoms. The molecule has 6 rings (SSSR count). The van der Waals surface area contributed by atoms with Crippen molar-refractivity contribution in [3.63, 3.8) is 0 Å². The van der Waals surface area contributed by atoms with Gasteiger partial charge in [-0.05, 0) is 35.7 Å². The van der Waals surface area contributed by atoms with E-state index < -0.39 is 36.0 Å². The van der Waals surface area contributed by atoms with Crippen LogP contribution in [-0.4, -0.2) is 75.5 Å². The molecule has 2 N–H and O–H groups in total. The summed E-state index contributed by atoms with van der Waals surface area (Å²) < 4.78 is 24.8. The maximum Gasteiger partial charge on any atom is 0.306 e. The highest BCUT2D eigenvalue weighted by atomic mass is 16.6. The molecule has 1 aliphatic heterocycles. The molecule has 48 heavy (non-hydrogen) atoms. The number of nitrogens with one attached hydrogen (secondary N) is 1. The van der Waals surface area contributed by atoms with Crippen LogP contribution in [0.3, 0.4) is 0 Å². The van der Waals surface area contributed by atoms with Crippen molar-refractivity contribution in [2.75, 3.05) is 26.1 Å². The number of imidazole rings is 1. The van der Waals surface area contributed by atoms with E-state index in [1.165, 1.54) is 26.7 Å². The summed E-state index contributed by atoms with van der Waals surface area (Å²) in [5.41, 5.74) is 2.75. The third-order valence-corrected chi connectivity index (χ3v) is 8.56. The van der Waals surface area contributed by atoms with Gasteiger partial charge >= 0.3 is 5.97 Å². The average Bonchev–Trinajstić information content (AvgIpc) is 3.71. The number of anilines is 1. The van der Waals surface area contributed by atoms with Crippen LogP contribution in [-0.2, 0) is 29.3 Å². The quantitative estimate of drug-likeness (QED) is 0.138. The minimum absolute atomic E-state index is 0.0488. The first kappa shape index (κ1) is 32.8. The zero-order valence-electron chi connectivity index (χ0n) is 26.9. The van der Waals surface area contributed by atoms with Crippen LogP contribution < -0.4 is 10.1 Å². The zero-order valence-corrected chi connectivity index (χ0v) is 26.9. The molecule has 0 saturated carbocycles. The lowest BCUT2D eigenvalue weighted by Gasteiger charge is -2.37. The smallest absolute Gasteiger partial charge is 0.306 e. The molecular weight excluding hydrogens is 614 g/mol. The van der Waals surface area contributed by atoms with Crippen LogP contribution in [0.2, 0.25) is 0 Å². The summed E-state index contributed by atoms with van der Waals surface area (Å²) in [6, 6.07) is 28.0. The molecule has 248 valence electrons. The lowest BCUT2D eigenvalue weighted by Crippen LogP contribution is -2.38. The number of rotatable bonds is 13. The van der Waals surface area contributed by atoms with Crippen molar-refractivity contribution in [1.82, 2.24) is 19.5 Å². The Balaban J connectivity index is 1.46. The molecule has 12 heteroatoms. The number of ether oxygens (including phenoxy) is 4. The summed E-state index contributed by atoms with van der Waals surface area (Å²) in [5.74, 6) is 0.454. The number of ketones is 1. The molecule has 4 atom stereocenters. The van der Waals surface area contributed by atoms with Gasteiger partial charge in [0.05, 0.1) is 26.5 Å². The first-order valence-electron chi connectivity index (χ1n) is 15.6. The third-order valence-electron chi connectivity index (χ3n) is 8.56. The summed E-state index contributed by atoms with van der Waals surface area (Å²) in [6.45, 7) is 1.04. The number of aliphatic hydroxyl groups is 1. The van der Waals surface area contributed by atoms with Crippen LogP contribution in [0, 0.1) is 0 Å². The Morgan fingerprint density at radius 3 is 2.10 bits per heavy atom. The van der Waals surface area contributed by atoms with Gasteiger partial charge in [-0.1, -0.05) is 72.8 Å². The largest absolute Gasteiger partial charge is 0.497 e. The van der Waals surface area contributed by atoms with E-state index >= 15 is 0 Å². The fourth-order valence-electron chi connectivity index (χ4n) is 6.22. The molecule has 0 radical (unpaired) electrons.